The summed E-state index contributed by atoms with van der Waals surface area (Å²) in [4.78, 5) is 41.2. The number of hydroxylamine groups is 2. The number of imide groups is 1. The van der Waals surface area contributed by atoms with Gasteiger partial charge in [-0.15, -0.1) is 5.06 Å². The summed E-state index contributed by atoms with van der Waals surface area (Å²) >= 11 is 0. The molecule has 1 saturated heterocycles. The summed E-state index contributed by atoms with van der Waals surface area (Å²) in [5.74, 6) is -1.50. The molecule has 130 valence electrons. The zero-order valence-corrected chi connectivity index (χ0v) is 15.4. The van der Waals surface area contributed by atoms with E-state index in [-0.39, 0.29) is 30.2 Å². The van der Waals surface area contributed by atoms with Gasteiger partial charge in [0, 0.05) is 23.7 Å². The van der Waals surface area contributed by atoms with Crippen LogP contribution in [0.5, 0.6) is 0 Å². The lowest BCUT2D eigenvalue weighted by Gasteiger charge is -2.16. The van der Waals surface area contributed by atoms with Crippen LogP contribution in [0.2, 0.25) is 0 Å². The fourth-order valence-electron chi connectivity index (χ4n) is 2.85. The van der Waals surface area contributed by atoms with E-state index in [4.69, 9.17) is 4.84 Å². The first-order chi connectivity index (χ1) is 11.3. The summed E-state index contributed by atoms with van der Waals surface area (Å²) in [5, 5.41) is 1.64. The van der Waals surface area contributed by atoms with E-state index in [9.17, 15) is 14.4 Å². The summed E-state index contributed by atoms with van der Waals surface area (Å²) in [7, 11) is 0.0974. The van der Waals surface area contributed by atoms with Crippen molar-refractivity contribution in [1.82, 2.24) is 5.06 Å². The molecule has 0 unspecified atom stereocenters. The van der Waals surface area contributed by atoms with Crippen LogP contribution in [-0.4, -0.2) is 33.3 Å². The predicted octanol–water partition coefficient (Wildman–Crippen LogP) is 2.63. The number of rotatable bonds is 6. The molecule has 2 amide bonds. The van der Waals surface area contributed by atoms with Crippen LogP contribution < -0.4 is 0 Å². The molecule has 5 nitrogen and oxygen atoms in total. The average molecular weight is 350 g/mol. The molecular formula is C18H24NO4S+. The van der Waals surface area contributed by atoms with Crippen LogP contribution in [0.15, 0.2) is 29.2 Å². The SMILES string of the molecule is CC(C)[S+](c1cccc(CC(=O)ON2C(=O)CCC2=O)c1)C(C)C. The highest BCUT2D eigenvalue weighted by Gasteiger charge is 2.33. The van der Waals surface area contributed by atoms with Crippen molar-refractivity contribution in [2.45, 2.75) is 62.4 Å². The van der Waals surface area contributed by atoms with Crippen molar-refractivity contribution < 1.29 is 19.2 Å². The summed E-state index contributed by atoms with van der Waals surface area (Å²) in [6, 6.07) is 7.92. The standard InChI is InChI=1S/C18H24NO4S/c1-12(2)24(13(3)4)15-7-5-6-14(10-15)11-18(22)23-19-16(20)8-9-17(19)21/h5-7,10,12-13H,8-9,11H2,1-4H3/q+1. The van der Waals surface area contributed by atoms with E-state index < -0.39 is 17.8 Å². The smallest absolute Gasteiger partial charge is 0.330 e. The molecule has 0 aromatic heterocycles. The van der Waals surface area contributed by atoms with Crippen LogP contribution in [0.25, 0.3) is 0 Å². The van der Waals surface area contributed by atoms with E-state index in [2.05, 4.69) is 33.8 Å². The first-order valence-electron chi connectivity index (χ1n) is 8.17. The summed E-state index contributed by atoms with van der Waals surface area (Å²) < 4.78 is 0. The second kappa shape index (κ2) is 7.83. The molecule has 1 aliphatic rings. The van der Waals surface area contributed by atoms with Crippen molar-refractivity contribution >= 4 is 28.7 Å². The van der Waals surface area contributed by atoms with Crippen molar-refractivity contribution in [2.24, 2.45) is 0 Å². The lowest BCUT2D eigenvalue weighted by molar-refractivity contribution is -0.197. The highest BCUT2D eigenvalue weighted by molar-refractivity contribution is 7.98. The Hall–Kier alpha value is -1.82. The second-order valence-electron chi connectivity index (χ2n) is 6.34. The normalized spacial score (nSPS) is 15.0. The van der Waals surface area contributed by atoms with Crippen molar-refractivity contribution in [1.29, 1.82) is 0 Å². The zero-order chi connectivity index (χ0) is 17.9. The molecule has 1 heterocycles. The van der Waals surface area contributed by atoms with Gasteiger partial charge in [-0.05, 0) is 45.4 Å². The number of amides is 2. The van der Waals surface area contributed by atoms with Crippen molar-refractivity contribution in [2.75, 3.05) is 0 Å². The van der Waals surface area contributed by atoms with Gasteiger partial charge in [-0.1, -0.05) is 12.1 Å². The molecule has 0 N–H and O–H groups in total. The number of hydrogen-bond acceptors (Lipinski definition) is 4. The summed E-state index contributed by atoms with van der Waals surface area (Å²) in [5.41, 5.74) is 0.829. The van der Waals surface area contributed by atoms with Gasteiger partial charge in [0.15, 0.2) is 4.90 Å². The molecule has 0 radical (unpaired) electrons. The van der Waals surface area contributed by atoms with Crippen LogP contribution in [-0.2, 0) is 36.5 Å². The zero-order valence-electron chi connectivity index (χ0n) is 14.6. The Morgan fingerprint density at radius 3 is 2.25 bits per heavy atom. The molecule has 2 rings (SSSR count). The van der Waals surface area contributed by atoms with E-state index in [0.717, 1.165) is 5.56 Å². The Labute approximate surface area is 145 Å². The van der Waals surface area contributed by atoms with Crippen LogP contribution >= 0.6 is 0 Å². The number of carbonyl (C=O) groups is 3. The lowest BCUT2D eigenvalue weighted by Crippen LogP contribution is -2.32. The lowest BCUT2D eigenvalue weighted by atomic mass is 10.1. The minimum absolute atomic E-state index is 0.0400. The van der Waals surface area contributed by atoms with Crippen LogP contribution in [0, 0.1) is 0 Å². The van der Waals surface area contributed by atoms with Gasteiger partial charge in [-0.3, -0.25) is 9.59 Å². The van der Waals surface area contributed by atoms with Crippen LogP contribution in [0.1, 0.15) is 46.1 Å². The Balaban J connectivity index is 2.07. The van der Waals surface area contributed by atoms with E-state index >= 15 is 0 Å². The molecule has 1 fully saturated rings. The molecule has 24 heavy (non-hydrogen) atoms. The van der Waals surface area contributed by atoms with Crippen LogP contribution in [0.3, 0.4) is 0 Å². The third-order valence-corrected chi connectivity index (χ3v) is 6.56. The topological polar surface area (TPSA) is 63.7 Å². The summed E-state index contributed by atoms with van der Waals surface area (Å²) in [6.07, 6.45) is 0.249. The van der Waals surface area contributed by atoms with Gasteiger partial charge in [-0.2, -0.15) is 0 Å². The molecule has 0 bridgehead atoms. The van der Waals surface area contributed by atoms with Gasteiger partial charge in [0.25, 0.3) is 11.8 Å². The third-order valence-electron chi connectivity index (χ3n) is 3.73. The quantitative estimate of drug-likeness (QED) is 0.584. The van der Waals surface area contributed by atoms with Gasteiger partial charge >= 0.3 is 5.97 Å². The number of carbonyl (C=O) groups excluding carboxylic acids is 3. The highest BCUT2D eigenvalue weighted by Crippen LogP contribution is 2.24. The molecule has 0 spiro atoms. The molecule has 1 aliphatic heterocycles. The van der Waals surface area contributed by atoms with Gasteiger partial charge in [0.1, 0.15) is 10.5 Å². The Morgan fingerprint density at radius 2 is 1.71 bits per heavy atom. The Morgan fingerprint density at radius 1 is 1.12 bits per heavy atom. The van der Waals surface area contributed by atoms with Gasteiger partial charge in [0.2, 0.25) is 0 Å². The molecule has 0 atom stereocenters. The number of nitrogens with zero attached hydrogens (tertiary/aromatic N) is 1. The largest absolute Gasteiger partial charge is 0.337 e. The number of hydrogen-bond donors (Lipinski definition) is 0. The van der Waals surface area contributed by atoms with Gasteiger partial charge < -0.3 is 4.84 Å². The molecule has 1 aromatic carbocycles. The minimum atomic E-state index is -0.593. The van der Waals surface area contributed by atoms with Crippen molar-refractivity contribution in [3.63, 3.8) is 0 Å². The first-order valence-corrected chi connectivity index (χ1v) is 9.52. The Bertz CT molecular complexity index is 618. The Kier molecular flexibility index (Phi) is 6.04. The summed E-state index contributed by atoms with van der Waals surface area (Å²) in [6.45, 7) is 8.81. The maximum absolute atomic E-state index is 12.0. The molecular weight excluding hydrogens is 326 g/mol. The van der Waals surface area contributed by atoms with Crippen LogP contribution in [0.4, 0.5) is 0 Å². The fraction of sp³-hybridized carbons (Fsp3) is 0.500. The second-order valence-corrected chi connectivity index (χ2v) is 9.44. The van der Waals surface area contributed by atoms with E-state index in [1.54, 1.807) is 0 Å². The maximum Gasteiger partial charge on any atom is 0.337 e. The maximum atomic E-state index is 12.0. The fourth-order valence-corrected chi connectivity index (χ4v) is 5.55. The first kappa shape index (κ1) is 18.5. The number of benzene rings is 1. The molecule has 0 aliphatic carbocycles. The molecule has 0 saturated carbocycles. The van der Waals surface area contributed by atoms with Gasteiger partial charge in [-0.25, -0.2) is 4.79 Å². The van der Waals surface area contributed by atoms with E-state index in [1.165, 1.54) is 4.90 Å². The van der Waals surface area contributed by atoms with E-state index in [0.29, 0.717) is 15.6 Å². The molecule has 6 heteroatoms. The monoisotopic (exact) mass is 350 g/mol. The average Bonchev–Trinajstić information content (AvgIpc) is 2.78. The van der Waals surface area contributed by atoms with Gasteiger partial charge in [0.05, 0.1) is 6.42 Å². The van der Waals surface area contributed by atoms with E-state index in [1.807, 2.05) is 18.2 Å². The minimum Gasteiger partial charge on any atom is -0.330 e. The van der Waals surface area contributed by atoms with Crippen molar-refractivity contribution in [3.8, 4) is 0 Å². The van der Waals surface area contributed by atoms with Crippen molar-refractivity contribution in [3.05, 3.63) is 29.8 Å². The predicted molar refractivity (Wildman–Crippen MR) is 93.2 cm³/mol. The highest BCUT2D eigenvalue weighted by atomic mass is 32.2. The third kappa shape index (κ3) is 4.38. The molecule has 1 aromatic rings.